The Bertz CT molecular complexity index is 883. The average molecular weight is 366 g/mol. The highest BCUT2D eigenvalue weighted by Crippen LogP contribution is 2.66. The molecule has 1 aromatic rings. The molecule has 1 saturated carbocycles. The van der Waals surface area contributed by atoms with E-state index in [9.17, 15) is 0 Å². The van der Waals surface area contributed by atoms with Gasteiger partial charge >= 0.3 is 0 Å². The van der Waals surface area contributed by atoms with Gasteiger partial charge in [-0.25, -0.2) is 0 Å². The summed E-state index contributed by atoms with van der Waals surface area (Å²) in [5.74, 6) is 3.06. The summed E-state index contributed by atoms with van der Waals surface area (Å²) in [5, 5.41) is 0. The fourth-order valence-corrected chi connectivity index (χ4v) is 7.81. The van der Waals surface area contributed by atoms with Crippen LogP contribution in [-0.4, -0.2) is 56.9 Å². The van der Waals surface area contributed by atoms with Crippen LogP contribution in [-0.2, 0) is 10.2 Å². The fourth-order valence-electron chi connectivity index (χ4n) is 7.81. The number of hydrogen-bond acceptors (Lipinski definition) is 5. The molecule has 1 spiro atoms. The first kappa shape index (κ1) is 15.1. The molecule has 0 unspecified atom stereocenters. The van der Waals surface area contributed by atoms with E-state index in [0.717, 1.165) is 31.0 Å². The number of rotatable bonds is 2. The molecule has 7 rings (SSSR count). The second kappa shape index (κ2) is 4.75. The number of anilines is 1. The van der Waals surface area contributed by atoms with Crippen molar-refractivity contribution in [2.45, 2.75) is 42.9 Å². The molecule has 0 aromatic heterocycles. The van der Waals surface area contributed by atoms with Crippen molar-refractivity contribution in [1.82, 2.24) is 4.90 Å². The molecule has 27 heavy (non-hydrogen) atoms. The normalized spacial score (nSPS) is 42.4. The molecule has 0 radical (unpaired) electrons. The van der Waals surface area contributed by atoms with Gasteiger partial charge in [0.2, 0.25) is 0 Å². The van der Waals surface area contributed by atoms with Crippen LogP contribution < -0.4 is 14.4 Å². The Balaban J connectivity index is 1.51. The molecule has 142 valence electrons. The third-order valence-electron chi connectivity index (χ3n) is 8.67. The largest absolute Gasteiger partial charge is 0.498 e. The van der Waals surface area contributed by atoms with Gasteiger partial charge < -0.3 is 19.1 Å². The van der Waals surface area contributed by atoms with Gasteiger partial charge in [0.1, 0.15) is 6.10 Å². The number of benzene rings is 1. The quantitative estimate of drug-likeness (QED) is 0.804. The Morgan fingerprint density at radius 3 is 2.85 bits per heavy atom. The van der Waals surface area contributed by atoms with Crippen molar-refractivity contribution >= 4 is 5.69 Å². The average Bonchev–Trinajstić information content (AvgIpc) is 3.24. The molecular formula is C22H26N2O3. The standard InChI is InChI=1S/C22H26N2O3/c1-25-17-8-14-15(9-18(17)26-2)24-5-3-16-20-13-7-19-22(14,21(20)24)4-6-23(19)10-12(13)11-27-16/h8-9,11,13,16,19-21H,3-7,10H2,1-2H3/t13-,16+,19-,20+,21-,22-/m0/s1. The van der Waals surface area contributed by atoms with Crippen LogP contribution in [0.5, 0.6) is 11.5 Å². The van der Waals surface area contributed by atoms with E-state index in [1.165, 1.54) is 30.6 Å². The molecule has 6 atom stereocenters. The van der Waals surface area contributed by atoms with Crippen LogP contribution in [0.3, 0.4) is 0 Å². The zero-order valence-corrected chi connectivity index (χ0v) is 16.0. The van der Waals surface area contributed by atoms with Gasteiger partial charge in [0, 0.05) is 54.7 Å². The first-order valence-corrected chi connectivity index (χ1v) is 10.4. The summed E-state index contributed by atoms with van der Waals surface area (Å²) in [6.07, 6.45) is 6.21. The van der Waals surface area contributed by atoms with Gasteiger partial charge in [-0.15, -0.1) is 0 Å². The molecule has 3 saturated heterocycles. The van der Waals surface area contributed by atoms with Crippen molar-refractivity contribution in [3.63, 3.8) is 0 Å². The first-order valence-electron chi connectivity index (χ1n) is 10.4. The summed E-state index contributed by atoms with van der Waals surface area (Å²) in [6, 6.07) is 5.76. The molecule has 6 aliphatic rings. The number of fused-ring (bicyclic) bond motifs is 2. The Morgan fingerprint density at radius 2 is 2.00 bits per heavy atom. The van der Waals surface area contributed by atoms with Crippen molar-refractivity contribution in [2.24, 2.45) is 11.8 Å². The van der Waals surface area contributed by atoms with Crippen LogP contribution in [0.15, 0.2) is 24.0 Å². The van der Waals surface area contributed by atoms with E-state index in [4.69, 9.17) is 14.2 Å². The zero-order valence-electron chi connectivity index (χ0n) is 16.0. The summed E-state index contributed by atoms with van der Waals surface area (Å²) >= 11 is 0. The third kappa shape index (κ3) is 1.52. The van der Waals surface area contributed by atoms with E-state index in [1.807, 2.05) is 0 Å². The number of piperidine rings is 2. The lowest BCUT2D eigenvalue weighted by Gasteiger charge is -2.61. The van der Waals surface area contributed by atoms with Crippen LogP contribution in [0.4, 0.5) is 5.69 Å². The third-order valence-corrected chi connectivity index (χ3v) is 8.67. The van der Waals surface area contributed by atoms with Crippen LogP contribution in [0.25, 0.3) is 0 Å². The Labute approximate surface area is 159 Å². The van der Waals surface area contributed by atoms with Crippen molar-refractivity contribution in [1.29, 1.82) is 0 Å². The molecule has 0 N–H and O–H groups in total. The summed E-state index contributed by atoms with van der Waals surface area (Å²) in [6.45, 7) is 3.39. The van der Waals surface area contributed by atoms with Crippen LogP contribution in [0.1, 0.15) is 24.8 Å². The molecule has 5 nitrogen and oxygen atoms in total. The minimum absolute atomic E-state index is 0.223. The number of ether oxygens (including phenoxy) is 3. The predicted octanol–water partition coefficient (Wildman–Crippen LogP) is 2.54. The molecule has 0 amide bonds. The minimum atomic E-state index is 0.223. The topological polar surface area (TPSA) is 34.2 Å². The maximum absolute atomic E-state index is 6.32. The molecule has 4 fully saturated rings. The van der Waals surface area contributed by atoms with E-state index in [2.05, 4.69) is 28.2 Å². The van der Waals surface area contributed by atoms with E-state index < -0.39 is 0 Å². The van der Waals surface area contributed by atoms with E-state index in [1.54, 1.807) is 19.8 Å². The van der Waals surface area contributed by atoms with E-state index in [-0.39, 0.29) is 5.41 Å². The number of nitrogens with zero attached hydrogens (tertiary/aromatic N) is 2. The van der Waals surface area contributed by atoms with Crippen molar-refractivity contribution in [3.05, 3.63) is 29.5 Å². The van der Waals surface area contributed by atoms with Crippen molar-refractivity contribution in [3.8, 4) is 11.5 Å². The lowest BCUT2D eigenvalue weighted by Crippen LogP contribution is -2.69. The Morgan fingerprint density at radius 1 is 1.15 bits per heavy atom. The second-order valence-electron chi connectivity index (χ2n) is 9.21. The smallest absolute Gasteiger partial charge is 0.162 e. The fraction of sp³-hybridized carbons (Fsp3) is 0.636. The molecule has 5 heteroatoms. The van der Waals surface area contributed by atoms with Gasteiger partial charge in [-0.3, -0.25) is 4.90 Å². The monoisotopic (exact) mass is 366 g/mol. The van der Waals surface area contributed by atoms with Crippen molar-refractivity contribution in [2.75, 3.05) is 38.8 Å². The summed E-state index contributed by atoms with van der Waals surface area (Å²) in [5.41, 5.74) is 4.67. The molecule has 5 heterocycles. The van der Waals surface area contributed by atoms with Crippen LogP contribution >= 0.6 is 0 Å². The molecule has 1 aromatic carbocycles. The second-order valence-corrected chi connectivity index (χ2v) is 9.21. The SMILES string of the molecule is COc1cc2c(cc1OC)[C@]13CCN4CC5=CO[C@@H]6CCN2[C@H]1[C@@H]6[C@H]5C[C@H]43. The maximum atomic E-state index is 6.32. The molecular weight excluding hydrogens is 340 g/mol. The molecule has 1 aliphatic carbocycles. The van der Waals surface area contributed by atoms with Gasteiger partial charge in [0.25, 0.3) is 0 Å². The molecule has 5 aliphatic heterocycles. The summed E-state index contributed by atoms with van der Waals surface area (Å²) in [4.78, 5) is 5.46. The van der Waals surface area contributed by atoms with Gasteiger partial charge in [-0.05, 0) is 42.5 Å². The highest BCUT2D eigenvalue weighted by Gasteiger charge is 2.70. The highest BCUT2D eigenvalue weighted by atomic mass is 16.5. The maximum Gasteiger partial charge on any atom is 0.162 e. The van der Waals surface area contributed by atoms with E-state index >= 15 is 0 Å². The number of hydrogen-bond donors (Lipinski definition) is 0. The van der Waals surface area contributed by atoms with Crippen LogP contribution in [0, 0.1) is 11.8 Å². The predicted molar refractivity (Wildman–Crippen MR) is 102 cm³/mol. The lowest BCUT2D eigenvalue weighted by molar-refractivity contribution is -0.0632. The molecule has 2 bridgehead atoms. The van der Waals surface area contributed by atoms with Gasteiger partial charge in [0.15, 0.2) is 11.5 Å². The Hall–Kier alpha value is -1.88. The number of methoxy groups -OCH3 is 2. The van der Waals surface area contributed by atoms with Gasteiger partial charge in [0.05, 0.1) is 20.5 Å². The zero-order chi connectivity index (χ0) is 17.9. The van der Waals surface area contributed by atoms with Crippen LogP contribution in [0.2, 0.25) is 0 Å². The summed E-state index contributed by atoms with van der Waals surface area (Å²) < 4.78 is 17.7. The Kier molecular flexibility index (Phi) is 2.65. The van der Waals surface area contributed by atoms with Crippen molar-refractivity contribution < 1.29 is 14.2 Å². The van der Waals surface area contributed by atoms with Gasteiger partial charge in [-0.1, -0.05) is 0 Å². The highest BCUT2D eigenvalue weighted by molar-refractivity contribution is 5.72. The summed E-state index contributed by atoms with van der Waals surface area (Å²) in [7, 11) is 3.50. The lowest BCUT2D eigenvalue weighted by atomic mass is 9.53. The first-order chi connectivity index (χ1) is 13.3. The van der Waals surface area contributed by atoms with Gasteiger partial charge in [-0.2, -0.15) is 0 Å². The minimum Gasteiger partial charge on any atom is -0.498 e. The van der Waals surface area contributed by atoms with E-state index in [0.29, 0.717) is 30.0 Å².